The van der Waals surface area contributed by atoms with Crippen LogP contribution in [0.25, 0.3) is 0 Å². The molecular formula is C13H30N4. The third-order valence-electron chi connectivity index (χ3n) is 2.94. The lowest BCUT2D eigenvalue weighted by Gasteiger charge is -2.23. The highest BCUT2D eigenvalue weighted by Crippen LogP contribution is 1.97. The summed E-state index contributed by atoms with van der Waals surface area (Å²) >= 11 is 0. The van der Waals surface area contributed by atoms with Crippen LogP contribution in [0.4, 0.5) is 0 Å². The van der Waals surface area contributed by atoms with Gasteiger partial charge >= 0.3 is 0 Å². The molecule has 0 aliphatic carbocycles. The van der Waals surface area contributed by atoms with Gasteiger partial charge in [0.15, 0.2) is 5.96 Å². The Morgan fingerprint density at radius 2 is 1.94 bits per heavy atom. The molecule has 1 unspecified atom stereocenters. The highest BCUT2D eigenvalue weighted by Gasteiger charge is 2.05. The summed E-state index contributed by atoms with van der Waals surface area (Å²) in [5.41, 5.74) is 0. The third-order valence-corrected chi connectivity index (χ3v) is 2.94. The van der Waals surface area contributed by atoms with Crippen molar-refractivity contribution in [1.82, 2.24) is 15.5 Å². The summed E-state index contributed by atoms with van der Waals surface area (Å²) in [6.45, 7) is 12.5. The van der Waals surface area contributed by atoms with Gasteiger partial charge in [-0.15, -0.1) is 0 Å². The van der Waals surface area contributed by atoms with Crippen molar-refractivity contribution >= 4 is 5.96 Å². The Morgan fingerprint density at radius 1 is 1.24 bits per heavy atom. The van der Waals surface area contributed by atoms with Gasteiger partial charge in [-0.25, -0.2) is 0 Å². The maximum atomic E-state index is 4.47. The number of aliphatic imine (C=N–C) groups is 1. The predicted molar refractivity (Wildman–Crippen MR) is 76.7 cm³/mol. The third kappa shape index (κ3) is 8.02. The van der Waals surface area contributed by atoms with Crippen LogP contribution in [-0.4, -0.2) is 50.1 Å². The lowest BCUT2D eigenvalue weighted by atomic mass is 10.2. The zero-order valence-corrected chi connectivity index (χ0v) is 12.2. The molecule has 4 nitrogen and oxygen atoms in total. The molecule has 102 valence electrons. The molecule has 2 N–H and O–H groups in total. The molecule has 0 rings (SSSR count). The van der Waals surface area contributed by atoms with E-state index in [9.17, 15) is 0 Å². The Morgan fingerprint density at radius 3 is 2.47 bits per heavy atom. The first-order valence-electron chi connectivity index (χ1n) is 6.88. The van der Waals surface area contributed by atoms with Gasteiger partial charge in [-0.2, -0.15) is 0 Å². The molecule has 1 atom stereocenters. The van der Waals surface area contributed by atoms with Crippen LogP contribution in [0.1, 0.15) is 40.5 Å². The number of rotatable bonds is 8. The van der Waals surface area contributed by atoms with E-state index in [1.165, 1.54) is 6.42 Å². The number of guanidine groups is 1. The molecule has 0 heterocycles. The van der Waals surface area contributed by atoms with Gasteiger partial charge in [0.2, 0.25) is 0 Å². The van der Waals surface area contributed by atoms with Crippen molar-refractivity contribution in [2.24, 2.45) is 4.99 Å². The van der Waals surface area contributed by atoms with Gasteiger partial charge in [-0.05, 0) is 33.7 Å². The van der Waals surface area contributed by atoms with Crippen molar-refractivity contribution in [3.05, 3.63) is 0 Å². The quantitative estimate of drug-likeness (QED) is 0.502. The molecule has 0 radical (unpaired) electrons. The zero-order chi connectivity index (χ0) is 13.1. The maximum absolute atomic E-state index is 4.47. The standard InChI is InChI=1S/C13H30N4/c1-6-9-15-13(14-8-3)16-10-11-17(5)12(4)7-2/h12H,6-11H2,1-5H3,(H2,14,15,16). The van der Waals surface area contributed by atoms with E-state index in [0.29, 0.717) is 6.04 Å². The molecule has 0 aromatic rings. The minimum Gasteiger partial charge on any atom is -0.357 e. The molecule has 0 aromatic carbocycles. The molecule has 0 aromatic heterocycles. The van der Waals surface area contributed by atoms with Gasteiger partial charge in [0, 0.05) is 32.2 Å². The fourth-order valence-electron chi connectivity index (χ4n) is 1.45. The molecule has 17 heavy (non-hydrogen) atoms. The SMILES string of the molecule is CCCN=C(NCC)NCCN(C)C(C)CC. The Labute approximate surface area is 107 Å². The van der Waals surface area contributed by atoms with Crippen molar-refractivity contribution in [2.45, 2.75) is 46.6 Å². The van der Waals surface area contributed by atoms with Crippen LogP contribution in [0.3, 0.4) is 0 Å². The average Bonchev–Trinajstić information content (AvgIpc) is 2.34. The Hall–Kier alpha value is -0.770. The van der Waals surface area contributed by atoms with E-state index in [2.05, 4.69) is 55.3 Å². The lowest BCUT2D eigenvalue weighted by molar-refractivity contribution is 0.255. The maximum Gasteiger partial charge on any atom is 0.191 e. The van der Waals surface area contributed by atoms with Gasteiger partial charge in [0.1, 0.15) is 0 Å². The van der Waals surface area contributed by atoms with Crippen LogP contribution in [0.2, 0.25) is 0 Å². The van der Waals surface area contributed by atoms with Crippen molar-refractivity contribution in [3.8, 4) is 0 Å². The molecular weight excluding hydrogens is 212 g/mol. The van der Waals surface area contributed by atoms with Crippen molar-refractivity contribution in [1.29, 1.82) is 0 Å². The lowest BCUT2D eigenvalue weighted by Crippen LogP contribution is -2.42. The van der Waals surface area contributed by atoms with Gasteiger partial charge in [-0.1, -0.05) is 13.8 Å². The second-order valence-electron chi connectivity index (χ2n) is 4.43. The van der Waals surface area contributed by atoms with E-state index >= 15 is 0 Å². The first kappa shape index (κ1) is 16.2. The number of likely N-dealkylation sites (N-methyl/N-ethyl adjacent to an activating group) is 1. The normalized spacial score (nSPS) is 13.9. The van der Waals surface area contributed by atoms with Crippen molar-refractivity contribution in [3.63, 3.8) is 0 Å². The molecule has 0 bridgehead atoms. The summed E-state index contributed by atoms with van der Waals surface area (Å²) < 4.78 is 0. The fraction of sp³-hybridized carbons (Fsp3) is 0.923. The summed E-state index contributed by atoms with van der Waals surface area (Å²) in [5, 5.41) is 6.62. The van der Waals surface area contributed by atoms with Crippen LogP contribution in [-0.2, 0) is 0 Å². The van der Waals surface area contributed by atoms with Crippen LogP contribution in [0.5, 0.6) is 0 Å². The zero-order valence-electron chi connectivity index (χ0n) is 12.2. The van der Waals surface area contributed by atoms with Crippen LogP contribution >= 0.6 is 0 Å². The highest BCUT2D eigenvalue weighted by atomic mass is 15.2. The Bertz CT molecular complexity index is 204. The average molecular weight is 242 g/mol. The molecule has 4 heteroatoms. The van der Waals surface area contributed by atoms with E-state index in [0.717, 1.165) is 38.6 Å². The Kier molecular flexibility index (Phi) is 9.92. The van der Waals surface area contributed by atoms with Crippen molar-refractivity contribution < 1.29 is 0 Å². The molecule has 0 saturated heterocycles. The van der Waals surface area contributed by atoms with Gasteiger partial charge in [0.25, 0.3) is 0 Å². The molecule has 0 fully saturated rings. The van der Waals surface area contributed by atoms with Gasteiger partial charge in [0.05, 0.1) is 0 Å². The second-order valence-corrected chi connectivity index (χ2v) is 4.43. The first-order valence-corrected chi connectivity index (χ1v) is 6.88. The molecule has 0 aliphatic rings. The van der Waals surface area contributed by atoms with E-state index in [-0.39, 0.29) is 0 Å². The molecule has 0 amide bonds. The summed E-state index contributed by atoms with van der Waals surface area (Å²) in [6, 6.07) is 0.645. The number of hydrogen-bond donors (Lipinski definition) is 2. The number of hydrogen-bond acceptors (Lipinski definition) is 2. The summed E-state index contributed by atoms with van der Waals surface area (Å²) in [6.07, 6.45) is 2.28. The first-order chi connectivity index (χ1) is 8.15. The number of nitrogens with zero attached hydrogens (tertiary/aromatic N) is 2. The molecule has 0 aliphatic heterocycles. The minimum atomic E-state index is 0.645. The fourth-order valence-corrected chi connectivity index (χ4v) is 1.45. The smallest absolute Gasteiger partial charge is 0.191 e. The topological polar surface area (TPSA) is 39.7 Å². The van der Waals surface area contributed by atoms with Crippen molar-refractivity contribution in [2.75, 3.05) is 33.2 Å². The summed E-state index contributed by atoms with van der Waals surface area (Å²) in [7, 11) is 2.17. The van der Waals surface area contributed by atoms with Crippen LogP contribution in [0.15, 0.2) is 4.99 Å². The predicted octanol–water partition coefficient (Wildman–Crippen LogP) is 1.68. The highest BCUT2D eigenvalue weighted by molar-refractivity contribution is 5.79. The summed E-state index contributed by atoms with van der Waals surface area (Å²) in [4.78, 5) is 6.84. The molecule has 0 saturated carbocycles. The number of nitrogens with one attached hydrogen (secondary N) is 2. The van der Waals surface area contributed by atoms with Gasteiger partial charge < -0.3 is 15.5 Å². The monoisotopic (exact) mass is 242 g/mol. The van der Waals surface area contributed by atoms with E-state index in [4.69, 9.17) is 0 Å². The Balaban J connectivity index is 3.88. The largest absolute Gasteiger partial charge is 0.357 e. The minimum absolute atomic E-state index is 0.645. The van der Waals surface area contributed by atoms with Crippen LogP contribution in [0, 0.1) is 0 Å². The van der Waals surface area contributed by atoms with Gasteiger partial charge in [-0.3, -0.25) is 4.99 Å². The van der Waals surface area contributed by atoms with E-state index in [1.54, 1.807) is 0 Å². The molecule has 0 spiro atoms. The van der Waals surface area contributed by atoms with E-state index < -0.39 is 0 Å². The summed E-state index contributed by atoms with van der Waals surface area (Å²) in [5.74, 6) is 0.937. The second kappa shape index (κ2) is 10.4. The van der Waals surface area contributed by atoms with Crippen LogP contribution < -0.4 is 10.6 Å². The van der Waals surface area contributed by atoms with E-state index in [1.807, 2.05) is 0 Å².